The summed E-state index contributed by atoms with van der Waals surface area (Å²) in [7, 11) is 3.59. The standard InChI is InChI=1S/3C6H9NO3.3CH2O.Fe/c3*1-4(6(9)10-3)7-5(2)8;3*1-2;/h3*1H2,2-3H3,(H,7,8);3*1H2;/q;;;;;;+3/p-3. The molecule has 0 aliphatic rings. The molecule has 0 aromatic rings. The molecule has 1 radical (unpaired) electrons. The molecule has 0 fully saturated rings. The van der Waals surface area contributed by atoms with Gasteiger partial charge in [-0.1, -0.05) is 19.7 Å². The molecule has 0 spiro atoms. The molecule has 0 amide bonds. The van der Waals surface area contributed by atoms with Crippen LogP contribution in [0.15, 0.2) is 51.8 Å². The quantitative estimate of drug-likeness (QED) is 0.0823. The van der Waals surface area contributed by atoms with Gasteiger partial charge in [0.2, 0.25) is 0 Å². The van der Waals surface area contributed by atoms with Crippen LogP contribution in [0.25, 0.3) is 0 Å². The fourth-order valence-electron chi connectivity index (χ4n) is 1.06. The summed E-state index contributed by atoms with van der Waals surface area (Å²) in [4.78, 5) is 65.2. The van der Waals surface area contributed by atoms with Crippen molar-refractivity contribution < 1.29 is 75.4 Å². The SMILES string of the molecule is C=C(N=C(C)[O-])C(=O)OC.C=C(N=C(C)[O-])C(=O)OC.C=C(N=C(C)[O-])C(=O)OC.C=O.C=O.C=O.[Fe+3]. The molecule has 0 aromatic heterocycles. The van der Waals surface area contributed by atoms with Gasteiger partial charge < -0.3 is 43.9 Å². The van der Waals surface area contributed by atoms with Crippen molar-refractivity contribution in [1.82, 2.24) is 0 Å². The van der Waals surface area contributed by atoms with Crippen LogP contribution in [0, 0.1) is 0 Å². The average Bonchev–Trinajstić information content (AvgIpc) is 2.85. The van der Waals surface area contributed by atoms with Gasteiger partial charge in [-0.25, -0.2) is 14.4 Å². The van der Waals surface area contributed by atoms with Crippen LogP contribution in [-0.4, -0.2) is 77.3 Å². The first-order valence-electron chi connectivity index (χ1n) is 8.58. The number of aliphatic imine (C=N–C) groups is 3. The predicted octanol–water partition coefficient (Wildman–Crippen LogP) is -2.20. The maximum Gasteiger partial charge on any atom is 3.00 e. The van der Waals surface area contributed by atoms with E-state index < -0.39 is 35.6 Å². The predicted molar refractivity (Wildman–Crippen MR) is 124 cm³/mol. The van der Waals surface area contributed by atoms with E-state index in [1.807, 2.05) is 20.4 Å². The third-order valence-corrected chi connectivity index (χ3v) is 2.14. The minimum atomic E-state index is -0.685. The van der Waals surface area contributed by atoms with Gasteiger partial charge in [0, 0.05) is 0 Å². The Morgan fingerprint density at radius 3 is 0.730 bits per heavy atom. The second-order valence-electron chi connectivity index (χ2n) is 4.71. The number of nitrogens with zero attached hydrogens (tertiary/aromatic N) is 3. The monoisotopic (exact) mass is 572 g/mol. The molecular weight excluding hydrogens is 542 g/mol. The number of rotatable bonds is 6. The van der Waals surface area contributed by atoms with Gasteiger partial charge in [-0.05, 0) is 38.5 Å². The molecule has 37 heavy (non-hydrogen) atoms. The third-order valence-electron chi connectivity index (χ3n) is 2.14. The Hall–Kier alpha value is -4.43. The Morgan fingerprint density at radius 2 is 0.649 bits per heavy atom. The van der Waals surface area contributed by atoms with E-state index in [1.54, 1.807) is 0 Å². The maximum atomic E-state index is 10.5. The Labute approximate surface area is 225 Å². The molecule has 0 N–H and O–H groups in total. The molecule has 0 saturated carbocycles. The number of hydrogen-bond donors (Lipinski definition) is 0. The fourth-order valence-corrected chi connectivity index (χ4v) is 1.06. The summed E-state index contributed by atoms with van der Waals surface area (Å²) in [5.41, 5.74) is -0.514. The van der Waals surface area contributed by atoms with Crippen molar-refractivity contribution in [2.24, 2.45) is 15.0 Å². The second kappa shape index (κ2) is 36.1. The maximum absolute atomic E-state index is 10.5. The first-order chi connectivity index (χ1) is 16.7. The number of hydrogen-bond acceptors (Lipinski definition) is 15. The summed E-state index contributed by atoms with van der Waals surface area (Å²) in [6.07, 6.45) is 0. The molecule has 0 unspecified atom stereocenters. The summed E-state index contributed by atoms with van der Waals surface area (Å²) in [5.74, 6) is -3.44. The number of carbonyl (C=O) groups is 6. The van der Waals surface area contributed by atoms with Gasteiger partial charge in [-0.3, -0.25) is 15.0 Å². The van der Waals surface area contributed by atoms with E-state index in [4.69, 9.17) is 14.4 Å². The van der Waals surface area contributed by atoms with Crippen LogP contribution in [0.3, 0.4) is 0 Å². The van der Waals surface area contributed by atoms with Gasteiger partial charge in [-0.15, -0.1) is 0 Å². The number of ether oxygens (including phenoxy) is 3. The van der Waals surface area contributed by atoms with Gasteiger partial charge in [-0.2, -0.15) is 0 Å². The van der Waals surface area contributed by atoms with Crippen LogP contribution in [0.4, 0.5) is 0 Å². The average molecular weight is 572 g/mol. The summed E-state index contributed by atoms with van der Waals surface area (Å²) in [6.45, 7) is 19.3. The van der Waals surface area contributed by atoms with Crippen LogP contribution in [0.1, 0.15) is 20.8 Å². The minimum Gasteiger partial charge on any atom is -0.862 e. The van der Waals surface area contributed by atoms with E-state index in [-0.39, 0.29) is 34.2 Å². The van der Waals surface area contributed by atoms with E-state index >= 15 is 0 Å². The van der Waals surface area contributed by atoms with Crippen molar-refractivity contribution in [3.8, 4) is 0 Å². The van der Waals surface area contributed by atoms with E-state index in [1.165, 1.54) is 42.1 Å². The van der Waals surface area contributed by atoms with Crippen molar-refractivity contribution in [2.45, 2.75) is 20.8 Å². The van der Waals surface area contributed by atoms with Gasteiger partial charge in [0.25, 0.3) is 0 Å². The van der Waals surface area contributed by atoms with Gasteiger partial charge in [0.1, 0.15) is 37.5 Å². The third kappa shape index (κ3) is 42.2. The molecule has 0 aliphatic carbocycles. The van der Waals surface area contributed by atoms with Crippen molar-refractivity contribution >= 4 is 56.0 Å². The second-order valence-corrected chi connectivity index (χ2v) is 4.71. The summed E-state index contributed by atoms with van der Waals surface area (Å²) < 4.78 is 12.7. The van der Waals surface area contributed by atoms with Gasteiger partial charge in [0.15, 0.2) is 0 Å². The van der Waals surface area contributed by atoms with E-state index in [2.05, 4.69) is 48.9 Å². The van der Waals surface area contributed by atoms with Crippen LogP contribution in [-0.2, 0) is 60.0 Å². The molecule has 16 heteroatoms. The Balaban J connectivity index is -0.0000000651. The zero-order valence-electron chi connectivity index (χ0n) is 21.3. The van der Waals surface area contributed by atoms with E-state index in [0.717, 1.165) is 0 Å². The molecule has 0 saturated heterocycles. The Bertz CT molecular complexity index is 692. The minimum absolute atomic E-state index is 0. The first-order valence-corrected chi connectivity index (χ1v) is 8.58. The van der Waals surface area contributed by atoms with Gasteiger partial charge in [0.05, 0.1) is 21.3 Å². The number of carbonyl (C=O) groups excluding carboxylic acids is 6. The van der Waals surface area contributed by atoms with Crippen molar-refractivity contribution in [3.63, 3.8) is 0 Å². The number of esters is 3. The summed E-state index contributed by atoms with van der Waals surface area (Å²) >= 11 is 0. The fraction of sp³-hybridized carbons (Fsp3) is 0.286. The van der Waals surface area contributed by atoms with Crippen LogP contribution < -0.4 is 15.3 Å². The topological polar surface area (TPSA) is 236 Å². The van der Waals surface area contributed by atoms with Crippen LogP contribution in [0.5, 0.6) is 0 Å². The van der Waals surface area contributed by atoms with Crippen molar-refractivity contribution in [3.05, 3.63) is 36.8 Å². The molecule has 0 aromatic carbocycles. The van der Waals surface area contributed by atoms with E-state index in [0.29, 0.717) is 0 Å². The van der Waals surface area contributed by atoms with Gasteiger partial charge >= 0.3 is 35.0 Å². The van der Waals surface area contributed by atoms with Crippen molar-refractivity contribution in [1.29, 1.82) is 0 Å². The molecule has 15 nitrogen and oxygen atoms in total. The largest absolute Gasteiger partial charge is 3.00 e. The van der Waals surface area contributed by atoms with E-state index in [9.17, 15) is 29.7 Å². The molecule has 0 bridgehead atoms. The number of methoxy groups -OCH3 is 3. The first kappa shape index (κ1) is 49.6. The Kier molecular flexibility index (Phi) is 48.5. The normalized spacial score (nSPS) is 9.08. The molecule has 209 valence electrons. The Morgan fingerprint density at radius 1 is 0.514 bits per heavy atom. The van der Waals surface area contributed by atoms with Crippen LogP contribution >= 0.6 is 0 Å². The smallest absolute Gasteiger partial charge is 0.862 e. The zero-order chi connectivity index (χ0) is 30.4. The molecule has 0 atom stereocenters. The molecule has 0 heterocycles. The molecular formula is C21H30FeN3O12. The summed E-state index contributed by atoms with van der Waals surface area (Å²) in [6, 6.07) is 0. The molecule has 0 rings (SSSR count). The van der Waals surface area contributed by atoms with Crippen LogP contribution in [0.2, 0.25) is 0 Å². The van der Waals surface area contributed by atoms with Crippen molar-refractivity contribution in [2.75, 3.05) is 21.3 Å². The molecule has 0 aliphatic heterocycles. The zero-order valence-corrected chi connectivity index (χ0v) is 22.4. The summed E-state index contributed by atoms with van der Waals surface area (Å²) in [5, 5.41) is 30.7.